The second kappa shape index (κ2) is 4.82. The second-order valence-corrected chi connectivity index (χ2v) is 4.67. The molecule has 0 radical (unpaired) electrons. The van der Waals surface area contributed by atoms with Crippen LogP contribution in [0, 0.1) is 5.92 Å². The molecule has 0 aromatic heterocycles. The molecule has 5 heteroatoms. The number of hydrogen-bond acceptors (Lipinski definition) is 3. The predicted molar refractivity (Wildman–Crippen MR) is 58.0 cm³/mol. The molecule has 2 heterocycles. The molecule has 0 saturated carbocycles. The van der Waals surface area contributed by atoms with Crippen LogP contribution in [0.15, 0.2) is 0 Å². The van der Waals surface area contributed by atoms with Crippen LogP contribution in [0.4, 0.5) is 0 Å². The highest BCUT2D eigenvalue weighted by atomic mass is 16.4. The Morgan fingerprint density at radius 3 is 2.94 bits per heavy atom. The van der Waals surface area contributed by atoms with E-state index in [1.54, 1.807) is 0 Å². The largest absolute Gasteiger partial charge is 0.481 e. The summed E-state index contributed by atoms with van der Waals surface area (Å²) in [5.74, 6) is -0.854. The van der Waals surface area contributed by atoms with E-state index < -0.39 is 5.97 Å². The van der Waals surface area contributed by atoms with Crippen molar-refractivity contribution in [2.75, 3.05) is 19.6 Å². The molecule has 0 aromatic carbocycles. The zero-order valence-electron chi connectivity index (χ0n) is 9.32. The Bertz CT molecular complexity index is 293. The summed E-state index contributed by atoms with van der Waals surface area (Å²) in [6.45, 7) is 2.17. The first-order chi connectivity index (χ1) is 7.66. The highest BCUT2D eigenvalue weighted by molar-refractivity contribution is 5.76. The van der Waals surface area contributed by atoms with Crippen molar-refractivity contribution in [2.24, 2.45) is 5.92 Å². The first kappa shape index (κ1) is 11.4. The molecule has 2 aliphatic rings. The third-order valence-corrected chi connectivity index (χ3v) is 3.54. The lowest BCUT2D eigenvalue weighted by Crippen LogP contribution is -2.36. The van der Waals surface area contributed by atoms with Crippen LogP contribution in [0.5, 0.6) is 0 Å². The number of rotatable bonds is 2. The fourth-order valence-corrected chi connectivity index (χ4v) is 2.59. The Balaban J connectivity index is 1.92. The van der Waals surface area contributed by atoms with Gasteiger partial charge in [-0.15, -0.1) is 0 Å². The number of hydrogen-bond donors (Lipinski definition) is 2. The van der Waals surface area contributed by atoms with Crippen LogP contribution in [0.2, 0.25) is 0 Å². The molecule has 16 heavy (non-hydrogen) atoms. The van der Waals surface area contributed by atoms with Crippen LogP contribution in [-0.2, 0) is 9.59 Å². The van der Waals surface area contributed by atoms with Crippen molar-refractivity contribution in [3.63, 3.8) is 0 Å². The van der Waals surface area contributed by atoms with Crippen LogP contribution in [0.25, 0.3) is 0 Å². The number of amides is 1. The van der Waals surface area contributed by atoms with Gasteiger partial charge in [-0.05, 0) is 25.8 Å². The summed E-state index contributed by atoms with van der Waals surface area (Å²) in [6, 6.07) is 0.242. The van der Waals surface area contributed by atoms with Crippen LogP contribution in [0.3, 0.4) is 0 Å². The Morgan fingerprint density at radius 2 is 2.25 bits per heavy atom. The van der Waals surface area contributed by atoms with E-state index in [9.17, 15) is 9.59 Å². The van der Waals surface area contributed by atoms with E-state index in [4.69, 9.17) is 5.11 Å². The van der Waals surface area contributed by atoms with Gasteiger partial charge in [-0.1, -0.05) is 0 Å². The summed E-state index contributed by atoms with van der Waals surface area (Å²) < 4.78 is 0. The molecule has 90 valence electrons. The van der Waals surface area contributed by atoms with E-state index in [1.807, 2.05) is 0 Å². The number of carbonyl (C=O) groups excluding carboxylic acids is 1. The zero-order valence-corrected chi connectivity index (χ0v) is 9.32. The lowest BCUT2D eigenvalue weighted by molar-refractivity contribution is -0.141. The van der Waals surface area contributed by atoms with E-state index in [1.165, 1.54) is 0 Å². The minimum Gasteiger partial charge on any atom is -0.481 e. The zero-order chi connectivity index (χ0) is 11.5. The SMILES string of the molecule is O=C1CC(N2CCC(C(=O)O)C2)CCCN1. The molecule has 2 fully saturated rings. The number of carbonyl (C=O) groups is 2. The van der Waals surface area contributed by atoms with Crippen LogP contribution in [0.1, 0.15) is 25.7 Å². The fourth-order valence-electron chi connectivity index (χ4n) is 2.59. The third kappa shape index (κ3) is 2.52. The number of likely N-dealkylation sites (tertiary alicyclic amines) is 1. The quantitative estimate of drug-likeness (QED) is 0.698. The normalized spacial score (nSPS) is 32.1. The van der Waals surface area contributed by atoms with Gasteiger partial charge < -0.3 is 10.4 Å². The van der Waals surface area contributed by atoms with Gasteiger partial charge in [0.05, 0.1) is 5.92 Å². The van der Waals surface area contributed by atoms with Gasteiger partial charge in [-0.2, -0.15) is 0 Å². The van der Waals surface area contributed by atoms with E-state index in [0.29, 0.717) is 19.4 Å². The summed E-state index contributed by atoms with van der Waals surface area (Å²) in [5, 5.41) is 11.8. The summed E-state index contributed by atoms with van der Waals surface area (Å²) in [7, 11) is 0. The Kier molecular flexibility index (Phi) is 3.43. The smallest absolute Gasteiger partial charge is 0.307 e. The minimum atomic E-state index is -0.708. The molecule has 0 aromatic rings. The molecule has 2 saturated heterocycles. The summed E-state index contributed by atoms with van der Waals surface area (Å²) in [4.78, 5) is 24.4. The van der Waals surface area contributed by atoms with Crippen molar-refractivity contribution in [1.82, 2.24) is 10.2 Å². The standard InChI is InChI=1S/C11H18N2O3/c14-10-6-9(2-1-4-12-10)13-5-3-8(7-13)11(15)16/h8-9H,1-7H2,(H,12,14)(H,15,16). The molecule has 1 amide bonds. The van der Waals surface area contributed by atoms with E-state index in [2.05, 4.69) is 10.2 Å². The Labute approximate surface area is 94.8 Å². The predicted octanol–water partition coefficient (Wildman–Crippen LogP) is 0.0616. The fraction of sp³-hybridized carbons (Fsp3) is 0.818. The number of aliphatic carboxylic acids is 1. The molecule has 2 aliphatic heterocycles. The van der Waals surface area contributed by atoms with Crippen molar-refractivity contribution in [3.05, 3.63) is 0 Å². The molecule has 0 bridgehead atoms. The third-order valence-electron chi connectivity index (χ3n) is 3.54. The van der Waals surface area contributed by atoms with Crippen molar-refractivity contribution >= 4 is 11.9 Å². The van der Waals surface area contributed by atoms with Gasteiger partial charge in [-0.3, -0.25) is 14.5 Å². The van der Waals surface area contributed by atoms with Crippen molar-refractivity contribution in [1.29, 1.82) is 0 Å². The minimum absolute atomic E-state index is 0.0984. The molecule has 5 nitrogen and oxygen atoms in total. The maximum absolute atomic E-state index is 11.4. The van der Waals surface area contributed by atoms with Crippen LogP contribution >= 0.6 is 0 Å². The topological polar surface area (TPSA) is 69.6 Å². The van der Waals surface area contributed by atoms with E-state index in [0.717, 1.165) is 25.9 Å². The number of carboxylic acids is 1. The van der Waals surface area contributed by atoms with Crippen LogP contribution in [-0.4, -0.2) is 47.6 Å². The number of nitrogens with zero attached hydrogens (tertiary/aromatic N) is 1. The van der Waals surface area contributed by atoms with Gasteiger partial charge in [0, 0.05) is 25.6 Å². The summed E-state index contributed by atoms with van der Waals surface area (Å²) in [6.07, 6.45) is 3.22. The summed E-state index contributed by atoms with van der Waals surface area (Å²) >= 11 is 0. The average molecular weight is 226 g/mol. The summed E-state index contributed by atoms with van der Waals surface area (Å²) in [5.41, 5.74) is 0. The molecular weight excluding hydrogens is 208 g/mol. The first-order valence-corrected chi connectivity index (χ1v) is 5.90. The van der Waals surface area contributed by atoms with Crippen molar-refractivity contribution < 1.29 is 14.7 Å². The highest BCUT2D eigenvalue weighted by Crippen LogP contribution is 2.23. The highest BCUT2D eigenvalue weighted by Gasteiger charge is 2.33. The lowest BCUT2D eigenvalue weighted by atomic mass is 10.1. The molecule has 2 unspecified atom stereocenters. The Morgan fingerprint density at radius 1 is 1.44 bits per heavy atom. The van der Waals surface area contributed by atoms with Gasteiger partial charge in [0.25, 0.3) is 0 Å². The molecule has 2 rings (SSSR count). The molecule has 0 aliphatic carbocycles. The maximum Gasteiger partial charge on any atom is 0.307 e. The number of nitrogens with one attached hydrogen (secondary N) is 1. The second-order valence-electron chi connectivity index (χ2n) is 4.67. The maximum atomic E-state index is 11.4. The monoisotopic (exact) mass is 226 g/mol. The first-order valence-electron chi connectivity index (χ1n) is 5.90. The van der Waals surface area contributed by atoms with Gasteiger partial charge >= 0.3 is 5.97 Å². The van der Waals surface area contributed by atoms with Gasteiger partial charge in [0.15, 0.2) is 0 Å². The lowest BCUT2D eigenvalue weighted by Gasteiger charge is -2.25. The van der Waals surface area contributed by atoms with Gasteiger partial charge in [0.2, 0.25) is 5.91 Å². The van der Waals surface area contributed by atoms with Crippen molar-refractivity contribution in [3.8, 4) is 0 Å². The van der Waals surface area contributed by atoms with Gasteiger partial charge in [-0.25, -0.2) is 0 Å². The number of carboxylic acid groups (broad SMARTS) is 1. The molecule has 0 spiro atoms. The van der Waals surface area contributed by atoms with Crippen LogP contribution < -0.4 is 5.32 Å². The average Bonchev–Trinajstić information content (AvgIpc) is 2.63. The molecule has 2 atom stereocenters. The molecular formula is C11H18N2O3. The Hall–Kier alpha value is -1.10. The van der Waals surface area contributed by atoms with E-state index in [-0.39, 0.29) is 17.9 Å². The van der Waals surface area contributed by atoms with E-state index >= 15 is 0 Å². The van der Waals surface area contributed by atoms with Gasteiger partial charge in [0.1, 0.15) is 0 Å². The molecule has 2 N–H and O–H groups in total. The van der Waals surface area contributed by atoms with Crippen molar-refractivity contribution in [2.45, 2.75) is 31.7 Å².